The number of fused-ring (bicyclic) bond motifs is 1. The predicted molar refractivity (Wildman–Crippen MR) is 67.8 cm³/mol. The lowest BCUT2D eigenvalue weighted by molar-refractivity contribution is 0.112. The summed E-state index contributed by atoms with van der Waals surface area (Å²) in [6.45, 7) is 1.82. The van der Waals surface area contributed by atoms with Crippen molar-refractivity contribution in [1.82, 2.24) is 4.98 Å². The van der Waals surface area contributed by atoms with Crippen LogP contribution >= 0.6 is 11.3 Å². The fourth-order valence-corrected chi connectivity index (χ4v) is 3.73. The average Bonchev–Trinajstić information content (AvgIpc) is 2.86. The first kappa shape index (κ1) is 11.0. The van der Waals surface area contributed by atoms with Crippen molar-refractivity contribution in [3.05, 3.63) is 16.3 Å². The summed E-state index contributed by atoms with van der Waals surface area (Å²) in [5.41, 5.74) is 1.39. The molecule has 0 unspecified atom stereocenters. The number of aromatic nitrogens is 1. The second-order valence-corrected chi connectivity index (χ2v) is 5.71. The van der Waals surface area contributed by atoms with Gasteiger partial charge in [-0.15, -0.1) is 0 Å². The van der Waals surface area contributed by atoms with Crippen LogP contribution in [0.2, 0.25) is 0 Å². The molecule has 0 aromatic carbocycles. The van der Waals surface area contributed by atoms with Crippen LogP contribution in [0, 0.1) is 6.92 Å². The van der Waals surface area contributed by atoms with E-state index in [0.717, 1.165) is 21.7 Å². The first-order valence-corrected chi connectivity index (χ1v) is 6.96. The molecule has 0 amide bonds. The molecule has 0 radical (unpaired) electrons. The molecule has 0 aliphatic heterocycles. The van der Waals surface area contributed by atoms with Crippen LogP contribution < -0.4 is 0 Å². The Morgan fingerprint density at radius 2 is 2.12 bits per heavy atom. The number of nitrogens with zero attached hydrogens (tertiary/aromatic N) is 1. The topological polar surface area (TPSA) is 43.1 Å². The Balaban J connectivity index is 2.01. The molecular formula is C13H15NO2S. The maximum absolute atomic E-state index is 11.0. The number of aryl methyl sites for hydroxylation is 1. The lowest BCUT2D eigenvalue weighted by atomic mass is 9.90. The summed E-state index contributed by atoms with van der Waals surface area (Å²) in [6.07, 6.45) is 7.25. The fraction of sp³-hybridized carbons (Fsp3) is 0.538. The summed E-state index contributed by atoms with van der Waals surface area (Å²) >= 11 is 1.62. The molecule has 0 spiro atoms. The zero-order chi connectivity index (χ0) is 11.8. The van der Waals surface area contributed by atoms with Crippen molar-refractivity contribution < 1.29 is 9.21 Å². The molecule has 3 rings (SSSR count). The van der Waals surface area contributed by atoms with E-state index in [4.69, 9.17) is 4.42 Å². The monoisotopic (exact) mass is 249 g/mol. The molecule has 2 aromatic rings. The smallest absolute Gasteiger partial charge is 0.208 e. The van der Waals surface area contributed by atoms with E-state index in [2.05, 4.69) is 4.98 Å². The van der Waals surface area contributed by atoms with E-state index >= 15 is 0 Å². The molecule has 1 aliphatic rings. The maximum atomic E-state index is 11.0. The van der Waals surface area contributed by atoms with Gasteiger partial charge in [0.2, 0.25) is 4.90 Å². The molecule has 0 atom stereocenters. The zero-order valence-electron chi connectivity index (χ0n) is 9.86. The van der Waals surface area contributed by atoms with Crippen molar-refractivity contribution in [2.45, 2.75) is 44.9 Å². The molecule has 0 saturated heterocycles. The normalized spacial score (nSPS) is 17.7. The van der Waals surface area contributed by atoms with Gasteiger partial charge >= 0.3 is 0 Å². The first-order chi connectivity index (χ1) is 8.29. The van der Waals surface area contributed by atoms with Gasteiger partial charge in [-0.1, -0.05) is 30.6 Å². The van der Waals surface area contributed by atoms with Crippen LogP contribution in [0.3, 0.4) is 0 Å². The summed E-state index contributed by atoms with van der Waals surface area (Å²) < 4.78 is 5.59. The third-order valence-electron chi connectivity index (χ3n) is 3.57. The molecule has 4 heteroatoms. The highest BCUT2D eigenvalue weighted by atomic mass is 32.1. The molecule has 2 aromatic heterocycles. The molecule has 2 heterocycles. The number of furan rings is 1. The quantitative estimate of drug-likeness (QED) is 0.754. The Morgan fingerprint density at radius 3 is 2.82 bits per heavy atom. The van der Waals surface area contributed by atoms with E-state index in [1.54, 1.807) is 11.3 Å². The van der Waals surface area contributed by atoms with Crippen molar-refractivity contribution in [3.8, 4) is 0 Å². The highest BCUT2D eigenvalue weighted by Gasteiger charge is 2.22. The lowest BCUT2D eigenvalue weighted by Crippen LogP contribution is -2.03. The molecule has 0 bridgehead atoms. The lowest BCUT2D eigenvalue weighted by Gasteiger charge is -2.18. The molecule has 17 heavy (non-hydrogen) atoms. The first-order valence-electron chi connectivity index (χ1n) is 6.14. The largest absolute Gasteiger partial charge is 0.448 e. The van der Waals surface area contributed by atoms with Crippen LogP contribution in [0.25, 0.3) is 10.4 Å². The SMILES string of the molecule is Cc1oc2sc(C3CCCCC3)nc2c1C=O. The maximum Gasteiger partial charge on any atom is 0.208 e. The van der Waals surface area contributed by atoms with E-state index in [9.17, 15) is 4.79 Å². The number of carbonyl (C=O) groups excluding carboxylic acids is 1. The van der Waals surface area contributed by atoms with Gasteiger partial charge in [-0.25, -0.2) is 4.98 Å². The minimum Gasteiger partial charge on any atom is -0.448 e. The third kappa shape index (κ3) is 1.80. The standard InChI is InChI=1S/C13H15NO2S/c1-8-10(7-15)11-13(16-8)17-12(14-11)9-5-3-2-4-6-9/h7,9H,2-6H2,1H3. The minimum atomic E-state index is 0.580. The Hall–Kier alpha value is -1.16. The second kappa shape index (κ2) is 4.26. The molecule has 90 valence electrons. The summed E-state index contributed by atoms with van der Waals surface area (Å²) in [5, 5.41) is 1.15. The Kier molecular flexibility index (Phi) is 2.74. The van der Waals surface area contributed by atoms with Crippen molar-refractivity contribution >= 4 is 28.0 Å². The van der Waals surface area contributed by atoms with Crippen molar-refractivity contribution in [2.75, 3.05) is 0 Å². The molecular weight excluding hydrogens is 234 g/mol. The van der Waals surface area contributed by atoms with Gasteiger partial charge in [0.15, 0.2) is 6.29 Å². The van der Waals surface area contributed by atoms with Gasteiger partial charge in [-0.05, 0) is 19.8 Å². The average molecular weight is 249 g/mol. The number of aldehydes is 1. The minimum absolute atomic E-state index is 0.580. The summed E-state index contributed by atoms with van der Waals surface area (Å²) in [6, 6.07) is 0. The van der Waals surface area contributed by atoms with E-state index in [-0.39, 0.29) is 0 Å². The summed E-state index contributed by atoms with van der Waals surface area (Å²) in [5.74, 6) is 1.26. The number of hydrogen-bond donors (Lipinski definition) is 0. The van der Waals surface area contributed by atoms with E-state index in [0.29, 0.717) is 17.2 Å². The number of hydrogen-bond acceptors (Lipinski definition) is 4. The molecule has 1 aliphatic carbocycles. The summed E-state index contributed by atoms with van der Waals surface area (Å²) in [4.78, 5) is 16.4. The second-order valence-electron chi connectivity index (χ2n) is 4.71. The van der Waals surface area contributed by atoms with Crippen LogP contribution in [0.1, 0.15) is 59.1 Å². The Morgan fingerprint density at radius 1 is 1.35 bits per heavy atom. The van der Waals surface area contributed by atoms with Gasteiger partial charge in [-0.2, -0.15) is 0 Å². The van der Waals surface area contributed by atoms with Crippen LogP contribution in [0.4, 0.5) is 0 Å². The molecule has 0 N–H and O–H groups in total. The van der Waals surface area contributed by atoms with Crippen LogP contribution in [0.15, 0.2) is 4.42 Å². The van der Waals surface area contributed by atoms with Gasteiger partial charge in [0.25, 0.3) is 0 Å². The predicted octanol–water partition coefficient (Wildman–Crippen LogP) is 4.06. The van der Waals surface area contributed by atoms with Crippen LogP contribution in [-0.2, 0) is 0 Å². The Bertz CT molecular complexity index is 549. The molecule has 3 nitrogen and oxygen atoms in total. The van der Waals surface area contributed by atoms with Gasteiger partial charge in [0.1, 0.15) is 16.3 Å². The van der Waals surface area contributed by atoms with Gasteiger partial charge < -0.3 is 4.42 Å². The zero-order valence-corrected chi connectivity index (χ0v) is 10.7. The van der Waals surface area contributed by atoms with Crippen LogP contribution in [0.5, 0.6) is 0 Å². The molecule has 1 saturated carbocycles. The van der Waals surface area contributed by atoms with Crippen LogP contribution in [-0.4, -0.2) is 11.3 Å². The molecule has 1 fully saturated rings. The van der Waals surface area contributed by atoms with E-state index in [1.165, 1.54) is 32.1 Å². The fourth-order valence-electron chi connectivity index (χ4n) is 2.59. The van der Waals surface area contributed by atoms with Gasteiger partial charge in [0, 0.05) is 5.92 Å². The highest BCUT2D eigenvalue weighted by molar-refractivity contribution is 7.18. The number of rotatable bonds is 2. The Labute approximate surface area is 104 Å². The van der Waals surface area contributed by atoms with Crippen molar-refractivity contribution in [3.63, 3.8) is 0 Å². The third-order valence-corrected chi connectivity index (χ3v) is 4.66. The summed E-state index contributed by atoms with van der Waals surface area (Å²) in [7, 11) is 0. The van der Waals surface area contributed by atoms with Gasteiger partial charge in [-0.3, -0.25) is 4.79 Å². The highest BCUT2D eigenvalue weighted by Crippen LogP contribution is 2.38. The van der Waals surface area contributed by atoms with Crippen molar-refractivity contribution in [2.24, 2.45) is 0 Å². The number of thiazole rings is 1. The van der Waals surface area contributed by atoms with Gasteiger partial charge in [0.05, 0.1) is 5.56 Å². The number of carbonyl (C=O) groups is 1. The van der Waals surface area contributed by atoms with E-state index in [1.807, 2.05) is 6.92 Å². The van der Waals surface area contributed by atoms with Crippen molar-refractivity contribution in [1.29, 1.82) is 0 Å². The van der Waals surface area contributed by atoms with E-state index < -0.39 is 0 Å².